The summed E-state index contributed by atoms with van der Waals surface area (Å²) in [6.07, 6.45) is 9.16. The minimum absolute atomic E-state index is 0. The summed E-state index contributed by atoms with van der Waals surface area (Å²) in [5.74, 6) is 0. The summed E-state index contributed by atoms with van der Waals surface area (Å²) >= 11 is -2.10. The first-order valence-electron chi connectivity index (χ1n) is 16.3. The molecule has 0 spiro atoms. The van der Waals surface area contributed by atoms with Crippen LogP contribution in [0, 0.1) is 0 Å². The van der Waals surface area contributed by atoms with Gasteiger partial charge in [-0.15, -0.1) is 0 Å². The molecule has 0 unspecified atom stereocenters. The molecule has 0 aliphatic heterocycles. The maximum Gasteiger partial charge on any atom is -1.00 e. The standard InChI is InChI=1S/C31H29.C8H8.C5H5.2ClH.Ti/c1-30(2,24-11-7-5-8-12-24)26-17-15-22-19-23-16-18-27(21-29(23)28(22)20-26)31(3,4)25-13-9-6-10-14-25;1-2-8-6-4-3-5-7-8;1-2-4-5-3-1;;;/h5-15,17-18,20-21H,19H2,1-4H3;3-7H,1H3;1-3H,4H2;2*1H;/q;;;;;+2/p-2. The summed E-state index contributed by atoms with van der Waals surface area (Å²) in [6, 6.07) is 45.7. The van der Waals surface area contributed by atoms with Crippen LogP contribution in [0.25, 0.3) is 11.1 Å². The van der Waals surface area contributed by atoms with Crippen LogP contribution < -0.4 is 28.7 Å². The van der Waals surface area contributed by atoms with Crippen molar-refractivity contribution in [2.45, 2.75) is 58.3 Å². The Bertz CT molecular complexity index is 1980. The Kier molecular flexibility index (Phi) is 10.5. The fourth-order valence-corrected chi connectivity index (χ4v) is 12.2. The zero-order chi connectivity index (χ0) is 31.2. The third-order valence-corrected chi connectivity index (χ3v) is 15.1. The topological polar surface area (TPSA) is 0 Å². The smallest absolute Gasteiger partial charge is 1.00 e. The summed E-state index contributed by atoms with van der Waals surface area (Å²) in [4.78, 5) is 0. The van der Waals surface area contributed by atoms with E-state index in [0.717, 1.165) is 12.8 Å². The van der Waals surface area contributed by atoms with Gasteiger partial charge in [-0.2, -0.15) is 0 Å². The van der Waals surface area contributed by atoms with E-state index in [1.165, 1.54) is 44.5 Å². The monoisotopic (exact) mass is 688 g/mol. The average molecular weight is 690 g/mol. The molecule has 0 radical (unpaired) electrons. The van der Waals surface area contributed by atoms with Crippen molar-refractivity contribution in [3.63, 3.8) is 0 Å². The molecule has 0 heterocycles. The third-order valence-electron chi connectivity index (χ3n) is 10.4. The normalized spacial score (nSPS) is 13.6. The summed E-state index contributed by atoms with van der Waals surface area (Å²) in [5.41, 5.74) is 12.6. The average Bonchev–Trinajstić information content (AvgIpc) is 3.74. The molecular weight excluding hydrogens is 647 g/mol. The Morgan fingerprint density at radius 2 is 1.15 bits per heavy atom. The van der Waals surface area contributed by atoms with Crippen molar-refractivity contribution in [1.82, 2.24) is 0 Å². The first-order chi connectivity index (χ1) is 21.7. The third kappa shape index (κ3) is 6.47. The number of hydrogen-bond acceptors (Lipinski definition) is 0. The van der Waals surface area contributed by atoms with Crippen molar-refractivity contribution in [2.75, 3.05) is 0 Å². The molecule has 47 heavy (non-hydrogen) atoms. The SMILES string of the molecule is C/[C](c1ccccc1)=[Ti+2](\[C]1=CC=CC1)[c]1cc(C(C)(C)c2ccccc2)cc2c1Cc1ccc(C(C)(C)c3ccccc3)cc1-2.[Cl-].[Cl-]. The Labute approximate surface area is 299 Å². The predicted octanol–water partition coefficient (Wildman–Crippen LogP) is 4.25. The van der Waals surface area contributed by atoms with Gasteiger partial charge in [0.1, 0.15) is 0 Å². The van der Waals surface area contributed by atoms with Gasteiger partial charge in [-0.3, -0.25) is 0 Å². The van der Waals surface area contributed by atoms with E-state index in [2.05, 4.69) is 174 Å². The van der Waals surface area contributed by atoms with E-state index in [1.54, 1.807) is 17.1 Å². The van der Waals surface area contributed by atoms with Gasteiger partial charge in [0.2, 0.25) is 0 Å². The van der Waals surface area contributed by atoms with Crippen LogP contribution in [-0.2, 0) is 34.7 Å². The largest absolute Gasteiger partial charge is 1.00 e. The van der Waals surface area contributed by atoms with Crippen LogP contribution in [0.3, 0.4) is 0 Å². The van der Waals surface area contributed by atoms with Gasteiger partial charge in [0.05, 0.1) is 0 Å². The zero-order valence-electron chi connectivity index (χ0n) is 27.9. The molecule has 5 aromatic rings. The van der Waals surface area contributed by atoms with E-state index >= 15 is 0 Å². The first-order valence-corrected chi connectivity index (χ1v) is 18.6. The molecule has 0 saturated carbocycles. The second-order valence-corrected chi connectivity index (χ2v) is 18.0. The molecule has 236 valence electrons. The van der Waals surface area contributed by atoms with E-state index in [1.807, 2.05) is 0 Å². The summed E-state index contributed by atoms with van der Waals surface area (Å²) in [5, 5.41) is 0. The van der Waals surface area contributed by atoms with Crippen LogP contribution >= 0.6 is 0 Å². The van der Waals surface area contributed by atoms with Crippen LogP contribution in [0.4, 0.5) is 0 Å². The number of halogens is 2. The van der Waals surface area contributed by atoms with Crippen LogP contribution in [-0.4, -0.2) is 3.81 Å². The first kappa shape index (κ1) is 35.1. The molecule has 2 aliphatic rings. The van der Waals surface area contributed by atoms with Gasteiger partial charge in [-0.25, -0.2) is 0 Å². The minimum atomic E-state index is -2.10. The van der Waals surface area contributed by atoms with Crippen molar-refractivity contribution in [1.29, 1.82) is 0 Å². The molecule has 0 amide bonds. The Morgan fingerprint density at radius 1 is 0.596 bits per heavy atom. The second-order valence-electron chi connectivity index (χ2n) is 13.8. The van der Waals surface area contributed by atoms with Gasteiger partial charge in [0, 0.05) is 0 Å². The second kappa shape index (κ2) is 14.1. The van der Waals surface area contributed by atoms with E-state index in [9.17, 15) is 0 Å². The summed E-state index contributed by atoms with van der Waals surface area (Å²) in [7, 11) is 0. The van der Waals surface area contributed by atoms with Gasteiger partial charge >= 0.3 is 277 Å². The molecule has 0 saturated heterocycles. The Hall–Kier alpha value is -3.26. The fraction of sp³-hybridized carbons (Fsp3) is 0.205. The molecule has 3 heteroatoms. The Morgan fingerprint density at radius 3 is 1.72 bits per heavy atom. The van der Waals surface area contributed by atoms with Crippen molar-refractivity contribution < 1.29 is 42.2 Å². The Balaban J connectivity index is 0.00000217. The van der Waals surface area contributed by atoms with Crippen LogP contribution in [0.1, 0.15) is 80.0 Å². The number of fused-ring (bicyclic) bond motifs is 3. The van der Waals surface area contributed by atoms with Gasteiger partial charge in [-0.1, -0.05) is 0 Å². The fourth-order valence-electron chi connectivity index (χ4n) is 7.37. The number of benzene rings is 5. The van der Waals surface area contributed by atoms with E-state index < -0.39 is 17.4 Å². The van der Waals surface area contributed by atoms with Crippen LogP contribution in [0.15, 0.2) is 143 Å². The van der Waals surface area contributed by atoms with Crippen LogP contribution in [0.5, 0.6) is 0 Å². The number of allylic oxidation sites excluding steroid dienone is 4. The van der Waals surface area contributed by atoms with E-state index in [-0.39, 0.29) is 35.6 Å². The number of rotatable bonds is 7. The molecule has 0 aromatic heterocycles. The van der Waals surface area contributed by atoms with Crippen molar-refractivity contribution >= 4 is 7.68 Å². The molecule has 7 rings (SSSR count). The van der Waals surface area contributed by atoms with Gasteiger partial charge in [0.15, 0.2) is 0 Å². The van der Waals surface area contributed by atoms with Crippen molar-refractivity contribution in [3.8, 4) is 11.1 Å². The predicted molar refractivity (Wildman–Crippen MR) is 190 cm³/mol. The summed E-state index contributed by atoms with van der Waals surface area (Å²) in [6.45, 7) is 12.0. The van der Waals surface area contributed by atoms with Crippen molar-refractivity contribution in [2.24, 2.45) is 0 Å². The molecule has 0 N–H and O–H groups in total. The van der Waals surface area contributed by atoms with Crippen LogP contribution in [0.2, 0.25) is 0 Å². The molecule has 2 aliphatic carbocycles. The van der Waals surface area contributed by atoms with E-state index in [4.69, 9.17) is 0 Å². The molecule has 0 bridgehead atoms. The maximum atomic E-state index is 2.63. The molecule has 0 fully saturated rings. The maximum absolute atomic E-state index is 2.63. The van der Waals surface area contributed by atoms with Gasteiger partial charge in [0.25, 0.3) is 0 Å². The zero-order valence-corrected chi connectivity index (χ0v) is 31.0. The van der Waals surface area contributed by atoms with Gasteiger partial charge < -0.3 is 24.8 Å². The molecule has 5 aromatic carbocycles. The van der Waals surface area contributed by atoms with Gasteiger partial charge in [-0.05, 0) is 0 Å². The van der Waals surface area contributed by atoms with E-state index in [0.29, 0.717) is 0 Å². The van der Waals surface area contributed by atoms with Crippen molar-refractivity contribution in [3.05, 3.63) is 182 Å². The summed E-state index contributed by atoms with van der Waals surface area (Å²) < 4.78 is 4.86. The minimum Gasteiger partial charge on any atom is -1.00 e. The number of hydrogen-bond donors (Lipinski definition) is 0. The molecule has 0 nitrogen and oxygen atoms in total. The molecule has 0 atom stereocenters. The quantitative estimate of drug-likeness (QED) is 0.220. The molecular formula is C44H42Cl2Ti.